The average Bonchev–Trinajstić information content (AvgIpc) is 3.63. The van der Waals surface area contributed by atoms with Gasteiger partial charge in [0.05, 0.1) is 5.52 Å². The first-order valence-corrected chi connectivity index (χ1v) is 15.0. The van der Waals surface area contributed by atoms with Crippen LogP contribution in [-0.2, 0) is 5.41 Å². The van der Waals surface area contributed by atoms with Crippen molar-refractivity contribution >= 4 is 53.4 Å². The van der Waals surface area contributed by atoms with Crippen LogP contribution in [0.5, 0.6) is 0 Å². The number of aromatic nitrogens is 2. The summed E-state index contributed by atoms with van der Waals surface area (Å²) in [6, 6.07) is 42.4. The minimum absolute atomic E-state index is 0.0161. The minimum Gasteiger partial charge on any atom is -0.294 e. The van der Waals surface area contributed by atoms with E-state index < -0.39 is 0 Å². The van der Waals surface area contributed by atoms with E-state index in [4.69, 9.17) is 4.98 Å². The van der Waals surface area contributed by atoms with Gasteiger partial charge in [-0.2, -0.15) is 0 Å². The number of rotatable bonds is 2. The minimum atomic E-state index is -0.0161. The Labute approximate surface area is 242 Å². The number of fused-ring (bicyclic) bond motifs is 9. The molecule has 0 radical (unpaired) electrons. The monoisotopic (exact) mass is 542 g/mol. The Morgan fingerprint density at radius 2 is 1.41 bits per heavy atom. The highest BCUT2D eigenvalue weighted by molar-refractivity contribution is 7.26. The molecule has 5 aromatic carbocycles. The van der Waals surface area contributed by atoms with Crippen LogP contribution in [-0.4, -0.2) is 9.55 Å². The van der Waals surface area contributed by atoms with Crippen molar-refractivity contribution in [3.05, 3.63) is 133 Å². The Kier molecular flexibility index (Phi) is 4.58. The van der Waals surface area contributed by atoms with Crippen LogP contribution in [0.15, 0.2) is 121 Å². The number of para-hydroxylation sites is 1. The van der Waals surface area contributed by atoms with Gasteiger partial charge in [0.15, 0.2) is 0 Å². The third kappa shape index (κ3) is 3.10. The largest absolute Gasteiger partial charge is 0.294 e. The third-order valence-electron chi connectivity index (χ3n) is 9.07. The fourth-order valence-corrected chi connectivity index (χ4v) is 8.29. The summed E-state index contributed by atoms with van der Waals surface area (Å²) in [7, 11) is 0. The van der Waals surface area contributed by atoms with Gasteiger partial charge in [-0.1, -0.05) is 86.6 Å². The van der Waals surface area contributed by atoms with Crippen LogP contribution in [0, 0.1) is 0 Å². The molecule has 0 saturated carbocycles. The van der Waals surface area contributed by atoms with Crippen LogP contribution in [0.4, 0.5) is 0 Å². The fourth-order valence-electron chi connectivity index (χ4n) is 7.12. The van der Waals surface area contributed by atoms with Gasteiger partial charge in [-0.25, -0.2) is 4.98 Å². The highest BCUT2D eigenvalue weighted by Gasteiger charge is 2.35. The standard InChI is InChI=1S/C38H26N2S/c1-38(2)31-13-5-3-9-26(31)27-18-16-23(21-32(27)38)25-11-7-15-34-36(25)30-19-17-24(22-35(30)41-34)40-33-14-6-4-10-28(33)29-12-8-20-39-37(29)40/h3-22H,1-2H3. The van der Waals surface area contributed by atoms with Gasteiger partial charge >= 0.3 is 0 Å². The number of benzene rings is 5. The lowest BCUT2D eigenvalue weighted by Crippen LogP contribution is -2.14. The molecule has 41 heavy (non-hydrogen) atoms. The summed E-state index contributed by atoms with van der Waals surface area (Å²) in [4.78, 5) is 4.79. The van der Waals surface area contributed by atoms with Crippen molar-refractivity contribution in [1.29, 1.82) is 0 Å². The van der Waals surface area contributed by atoms with Crippen LogP contribution < -0.4 is 0 Å². The predicted octanol–water partition coefficient (Wildman–Crippen LogP) is 10.5. The van der Waals surface area contributed by atoms with Crippen molar-refractivity contribution in [3.8, 4) is 27.9 Å². The molecule has 3 heterocycles. The van der Waals surface area contributed by atoms with Crippen LogP contribution in [0.25, 0.3) is 70.0 Å². The second kappa shape index (κ2) is 8.15. The van der Waals surface area contributed by atoms with Crippen molar-refractivity contribution in [2.24, 2.45) is 0 Å². The van der Waals surface area contributed by atoms with Crippen LogP contribution in [0.2, 0.25) is 0 Å². The Morgan fingerprint density at radius 3 is 2.37 bits per heavy atom. The lowest BCUT2D eigenvalue weighted by molar-refractivity contribution is 0.660. The Hall–Kier alpha value is -4.73. The predicted molar refractivity (Wildman–Crippen MR) is 174 cm³/mol. The SMILES string of the molecule is CC1(C)c2ccccc2-c2ccc(-c3cccc4sc5cc(-n6c7ccccc7c7cccnc76)ccc5c34)cc21. The van der Waals surface area contributed by atoms with E-state index in [1.165, 1.54) is 69.8 Å². The number of nitrogens with zero attached hydrogens (tertiary/aromatic N) is 2. The van der Waals surface area contributed by atoms with Crippen LogP contribution in [0.1, 0.15) is 25.0 Å². The van der Waals surface area contributed by atoms with Crippen molar-refractivity contribution in [2.75, 3.05) is 0 Å². The topological polar surface area (TPSA) is 17.8 Å². The summed E-state index contributed by atoms with van der Waals surface area (Å²) >= 11 is 1.87. The molecule has 9 rings (SSSR count). The van der Waals surface area contributed by atoms with E-state index in [0.29, 0.717) is 0 Å². The van der Waals surface area contributed by atoms with Crippen LogP contribution >= 0.6 is 11.3 Å². The summed E-state index contributed by atoms with van der Waals surface area (Å²) in [5, 5.41) is 5.06. The molecule has 1 aliphatic rings. The molecule has 0 spiro atoms. The maximum atomic E-state index is 4.79. The van der Waals surface area contributed by atoms with Gasteiger partial charge in [0, 0.05) is 48.2 Å². The van der Waals surface area contributed by atoms with E-state index >= 15 is 0 Å². The van der Waals surface area contributed by atoms with E-state index in [9.17, 15) is 0 Å². The molecule has 0 atom stereocenters. The second-order valence-electron chi connectivity index (χ2n) is 11.6. The molecule has 0 bridgehead atoms. The number of pyridine rings is 1. The first-order valence-electron chi connectivity index (χ1n) is 14.1. The maximum Gasteiger partial charge on any atom is 0.145 e. The Balaban J connectivity index is 1.24. The van der Waals surface area contributed by atoms with Crippen molar-refractivity contribution in [1.82, 2.24) is 9.55 Å². The third-order valence-corrected chi connectivity index (χ3v) is 10.2. The Morgan fingerprint density at radius 1 is 0.610 bits per heavy atom. The quantitative estimate of drug-likeness (QED) is 0.212. The molecule has 8 aromatic rings. The average molecular weight is 543 g/mol. The summed E-state index contributed by atoms with van der Waals surface area (Å²) < 4.78 is 4.91. The molecule has 0 aliphatic heterocycles. The smallest absolute Gasteiger partial charge is 0.145 e. The van der Waals surface area contributed by atoms with E-state index in [0.717, 1.165) is 11.3 Å². The molecular formula is C38H26N2S. The molecule has 0 unspecified atom stereocenters. The highest BCUT2D eigenvalue weighted by atomic mass is 32.1. The summed E-state index contributed by atoms with van der Waals surface area (Å²) in [6.45, 7) is 4.71. The van der Waals surface area contributed by atoms with E-state index in [2.05, 4.69) is 128 Å². The van der Waals surface area contributed by atoms with Crippen LogP contribution in [0.3, 0.4) is 0 Å². The molecule has 194 valence electrons. The zero-order chi connectivity index (χ0) is 27.3. The van der Waals surface area contributed by atoms with Gasteiger partial charge in [0.25, 0.3) is 0 Å². The van der Waals surface area contributed by atoms with E-state index in [1.54, 1.807) is 0 Å². The number of hydrogen-bond acceptors (Lipinski definition) is 2. The molecule has 3 aromatic heterocycles. The molecule has 0 amide bonds. The molecule has 3 heteroatoms. The molecular weight excluding hydrogens is 516 g/mol. The second-order valence-corrected chi connectivity index (χ2v) is 12.7. The summed E-state index contributed by atoms with van der Waals surface area (Å²) in [5.41, 5.74) is 11.4. The van der Waals surface area contributed by atoms with Gasteiger partial charge in [0.2, 0.25) is 0 Å². The van der Waals surface area contributed by atoms with Gasteiger partial charge in [-0.3, -0.25) is 4.57 Å². The van der Waals surface area contributed by atoms with Gasteiger partial charge in [-0.05, 0) is 75.8 Å². The lowest BCUT2D eigenvalue weighted by atomic mass is 9.81. The molecule has 2 nitrogen and oxygen atoms in total. The summed E-state index contributed by atoms with van der Waals surface area (Å²) in [5.74, 6) is 0. The van der Waals surface area contributed by atoms with Crippen molar-refractivity contribution in [2.45, 2.75) is 19.3 Å². The zero-order valence-corrected chi connectivity index (χ0v) is 23.7. The molecule has 0 N–H and O–H groups in total. The first kappa shape index (κ1) is 23.0. The Bertz CT molecular complexity index is 2300. The van der Waals surface area contributed by atoms with Gasteiger partial charge < -0.3 is 0 Å². The normalized spacial score (nSPS) is 13.8. The highest BCUT2D eigenvalue weighted by Crippen LogP contribution is 2.50. The summed E-state index contributed by atoms with van der Waals surface area (Å²) in [6.07, 6.45) is 1.89. The number of thiophene rings is 1. The zero-order valence-electron chi connectivity index (χ0n) is 22.8. The van der Waals surface area contributed by atoms with E-state index in [-0.39, 0.29) is 5.41 Å². The fraction of sp³-hybridized carbons (Fsp3) is 0.0789. The lowest BCUT2D eigenvalue weighted by Gasteiger charge is -2.22. The first-order chi connectivity index (χ1) is 20.1. The van der Waals surface area contributed by atoms with Crippen molar-refractivity contribution < 1.29 is 0 Å². The van der Waals surface area contributed by atoms with Gasteiger partial charge in [-0.15, -0.1) is 11.3 Å². The van der Waals surface area contributed by atoms with Crippen molar-refractivity contribution in [3.63, 3.8) is 0 Å². The molecule has 0 fully saturated rings. The van der Waals surface area contributed by atoms with E-state index in [1.807, 2.05) is 23.6 Å². The molecule has 1 aliphatic carbocycles. The maximum absolute atomic E-state index is 4.79. The number of hydrogen-bond donors (Lipinski definition) is 0. The van der Waals surface area contributed by atoms with Gasteiger partial charge in [0.1, 0.15) is 5.65 Å². The molecule has 0 saturated heterocycles.